The smallest absolute Gasteiger partial charge is 0.328 e. The zero-order valence-electron chi connectivity index (χ0n) is 15.8. The molecule has 0 aliphatic heterocycles. The van der Waals surface area contributed by atoms with Crippen LogP contribution < -0.4 is 5.32 Å². The van der Waals surface area contributed by atoms with E-state index in [0.29, 0.717) is 24.4 Å². The van der Waals surface area contributed by atoms with Crippen LogP contribution in [0, 0.1) is 14.1 Å². The van der Waals surface area contributed by atoms with E-state index in [0.717, 1.165) is 12.0 Å². The fourth-order valence-corrected chi connectivity index (χ4v) is 4.81. The van der Waals surface area contributed by atoms with Crippen molar-refractivity contribution in [3.63, 3.8) is 0 Å². The molecule has 0 bridgehead atoms. The molecule has 1 unspecified atom stereocenters. The second-order valence-electron chi connectivity index (χ2n) is 6.43. The lowest BCUT2D eigenvalue weighted by molar-refractivity contribution is -0.145. The van der Waals surface area contributed by atoms with Gasteiger partial charge in [-0.15, -0.1) is 0 Å². The molecule has 2 aromatic carbocycles. The molecular formula is C21H23I2NO3S. The van der Waals surface area contributed by atoms with Crippen LogP contribution in [0.1, 0.15) is 30.0 Å². The number of rotatable bonds is 8. The molecule has 150 valence electrons. The Kier molecular flexibility index (Phi) is 9.42. The molecule has 0 radical (unpaired) electrons. The number of hydrogen-bond acceptors (Lipinski definition) is 4. The van der Waals surface area contributed by atoms with Crippen molar-refractivity contribution in [1.29, 1.82) is 0 Å². The van der Waals surface area contributed by atoms with E-state index in [4.69, 9.17) is 17.0 Å². The van der Waals surface area contributed by atoms with E-state index in [1.165, 1.54) is 18.3 Å². The van der Waals surface area contributed by atoms with Crippen molar-refractivity contribution in [2.45, 2.75) is 39.2 Å². The average Bonchev–Trinajstić information content (AvgIpc) is 2.65. The molecule has 1 atom stereocenters. The number of esters is 1. The van der Waals surface area contributed by atoms with Gasteiger partial charge >= 0.3 is 5.97 Å². The molecule has 4 nitrogen and oxygen atoms in total. The van der Waals surface area contributed by atoms with Crippen LogP contribution in [0.25, 0.3) is 0 Å². The average molecular weight is 623 g/mol. The van der Waals surface area contributed by atoms with E-state index in [2.05, 4.69) is 69.6 Å². The Hall–Kier alpha value is -0.940. The summed E-state index contributed by atoms with van der Waals surface area (Å²) in [5.74, 6) is -0.125. The van der Waals surface area contributed by atoms with Crippen LogP contribution in [-0.2, 0) is 22.4 Å². The first kappa shape index (κ1) is 23.3. The van der Waals surface area contributed by atoms with Gasteiger partial charge < -0.3 is 15.2 Å². The summed E-state index contributed by atoms with van der Waals surface area (Å²) in [6.07, 6.45) is 1.92. The molecule has 0 spiro atoms. The fraction of sp³-hybridized carbons (Fsp3) is 0.333. The third-order valence-corrected chi connectivity index (χ3v) is 6.83. The Bertz CT molecular complexity index is 817. The minimum Gasteiger partial charge on any atom is -0.508 e. The van der Waals surface area contributed by atoms with Crippen LogP contribution in [0.2, 0.25) is 0 Å². The van der Waals surface area contributed by atoms with E-state index in [1.54, 1.807) is 31.2 Å². The van der Waals surface area contributed by atoms with Crippen molar-refractivity contribution in [1.82, 2.24) is 5.32 Å². The fourth-order valence-electron chi connectivity index (χ4n) is 2.67. The number of ether oxygens (including phenoxy) is 1. The molecule has 0 fully saturated rings. The zero-order valence-corrected chi connectivity index (χ0v) is 20.9. The SMILES string of the molecule is CCOC(=O)C(Cc1ccc(O)cc1)NC(=S)CCc1cc(I)c(C)c(I)c1. The van der Waals surface area contributed by atoms with Crippen LogP contribution >= 0.6 is 57.4 Å². The number of nitrogens with one attached hydrogen (secondary N) is 1. The van der Waals surface area contributed by atoms with Gasteiger partial charge in [0.1, 0.15) is 11.8 Å². The number of benzene rings is 2. The Morgan fingerprint density at radius 2 is 1.79 bits per heavy atom. The number of carbonyl (C=O) groups is 1. The summed E-state index contributed by atoms with van der Waals surface area (Å²) in [6, 6.07) is 10.6. The largest absolute Gasteiger partial charge is 0.508 e. The first-order valence-electron chi connectivity index (χ1n) is 8.98. The molecule has 2 aromatic rings. The van der Waals surface area contributed by atoms with Gasteiger partial charge in [-0.05, 0) is 106 Å². The van der Waals surface area contributed by atoms with Gasteiger partial charge in [0.05, 0.1) is 11.6 Å². The highest BCUT2D eigenvalue weighted by Gasteiger charge is 2.21. The lowest BCUT2D eigenvalue weighted by atomic mass is 10.0. The number of phenols is 1. The van der Waals surface area contributed by atoms with E-state index >= 15 is 0 Å². The van der Waals surface area contributed by atoms with Crippen LogP contribution in [-0.4, -0.2) is 28.7 Å². The highest BCUT2D eigenvalue weighted by molar-refractivity contribution is 14.1. The van der Waals surface area contributed by atoms with Crippen molar-refractivity contribution < 1.29 is 14.6 Å². The van der Waals surface area contributed by atoms with Gasteiger partial charge in [-0.2, -0.15) is 0 Å². The number of carbonyl (C=O) groups excluding carboxylic acids is 1. The summed E-state index contributed by atoms with van der Waals surface area (Å²) in [7, 11) is 0. The normalized spacial score (nSPS) is 11.7. The number of halogens is 2. The van der Waals surface area contributed by atoms with Gasteiger partial charge in [-0.25, -0.2) is 4.79 Å². The van der Waals surface area contributed by atoms with Gasteiger partial charge in [-0.3, -0.25) is 0 Å². The Morgan fingerprint density at radius 3 is 2.36 bits per heavy atom. The van der Waals surface area contributed by atoms with Crippen LogP contribution in [0.5, 0.6) is 5.75 Å². The van der Waals surface area contributed by atoms with E-state index in [9.17, 15) is 9.90 Å². The van der Waals surface area contributed by atoms with Gasteiger partial charge in [0.15, 0.2) is 0 Å². The predicted molar refractivity (Wildman–Crippen MR) is 133 cm³/mol. The molecule has 0 aliphatic rings. The second kappa shape index (κ2) is 11.3. The van der Waals surface area contributed by atoms with Crippen molar-refractivity contribution >= 4 is 68.4 Å². The van der Waals surface area contributed by atoms with Gasteiger partial charge in [0.25, 0.3) is 0 Å². The van der Waals surface area contributed by atoms with Crippen molar-refractivity contribution in [2.75, 3.05) is 6.61 Å². The van der Waals surface area contributed by atoms with Gasteiger partial charge in [-0.1, -0.05) is 24.4 Å². The summed E-state index contributed by atoms with van der Waals surface area (Å²) in [6.45, 7) is 4.22. The summed E-state index contributed by atoms with van der Waals surface area (Å²) in [5, 5.41) is 12.6. The van der Waals surface area contributed by atoms with Crippen LogP contribution in [0.3, 0.4) is 0 Å². The molecule has 0 aliphatic carbocycles. The maximum Gasteiger partial charge on any atom is 0.328 e. The van der Waals surface area contributed by atoms with Gasteiger partial charge in [0, 0.05) is 20.0 Å². The molecule has 2 N–H and O–H groups in total. The maximum atomic E-state index is 12.4. The second-order valence-corrected chi connectivity index (χ2v) is 9.24. The molecule has 0 saturated heterocycles. The topological polar surface area (TPSA) is 58.6 Å². The van der Waals surface area contributed by atoms with Crippen molar-refractivity contribution in [3.05, 3.63) is 60.2 Å². The predicted octanol–water partition coefficient (Wildman–Crippen LogP) is 4.93. The number of phenolic OH excluding ortho intramolecular Hbond substituents is 1. The molecular weight excluding hydrogens is 600 g/mol. The zero-order chi connectivity index (χ0) is 20.7. The molecule has 0 heterocycles. The molecule has 0 saturated carbocycles. The summed E-state index contributed by atoms with van der Waals surface area (Å²) in [5.41, 5.74) is 3.45. The third-order valence-electron chi connectivity index (χ3n) is 4.26. The van der Waals surface area contributed by atoms with Crippen LogP contribution in [0.15, 0.2) is 36.4 Å². The van der Waals surface area contributed by atoms with E-state index in [-0.39, 0.29) is 11.7 Å². The number of aryl methyl sites for hydroxylation is 1. The first-order chi connectivity index (χ1) is 13.3. The highest BCUT2D eigenvalue weighted by Crippen LogP contribution is 2.21. The Balaban J connectivity index is 2.01. The highest BCUT2D eigenvalue weighted by atomic mass is 127. The van der Waals surface area contributed by atoms with Crippen LogP contribution in [0.4, 0.5) is 0 Å². The summed E-state index contributed by atoms with van der Waals surface area (Å²) >= 11 is 10.2. The minimum atomic E-state index is -0.546. The monoisotopic (exact) mass is 623 g/mol. The maximum absolute atomic E-state index is 12.4. The van der Waals surface area contributed by atoms with Gasteiger partial charge in [0.2, 0.25) is 0 Å². The van der Waals surface area contributed by atoms with E-state index in [1.807, 2.05) is 0 Å². The molecule has 7 heteroatoms. The summed E-state index contributed by atoms with van der Waals surface area (Å²) in [4.78, 5) is 13.0. The summed E-state index contributed by atoms with van der Waals surface area (Å²) < 4.78 is 7.69. The standard InChI is InChI=1S/C21H23I2NO3S/c1-3-27-21(26)19(12-14-4-7-16(25)8-5-14)24-20(28)9-6-15-10-17(22)13(2)18(23)11-15/h4-5,7-8,10-11,19,25H,3,6,9,12H2,1-2H3,(H,24,28). The first-order valence-corrected chi connectivity index (χ1v) is 11.5. The lowest BCUT2D eigenvalue weighted by Gasteiger charge is -2.19. The van der Waals surface area contributed by atoms with Crippen molar-refractivity contribution in [2.24, 2.45) is 0 Å². The molecule has 0 amide bonds. The van der Waals surface area contributed by atoms with Crippen molar-refractivity contribution in [3.8, 4) is 5.75 Å². The number of thiocarbonyl (C=S) groups is 1. The molecule has 2 rings (SSSR count). The Labute approximate surface area is 198 Å². The lowest BCUT2D eigenvalue weighted by Crippen LogP contribution is -2.42. The third kappa shape index (κ3) is 7.14. The number of aromatic hydroxyl groups is 1. The molecule has 0 aromatic heterocycles. The minimum absolute atomic E-state index is 0.197. The quantitative estimate of drug-likeness (QED) is 0.248. The Morgan fingerprint density at radius 1 is 1.18 bits per heavy atom. The molecule has 28 heavy (non-hydrogen) atoms. The van der Waals surface area contributed by atoms with E-state index < -0.39 is 6.04 Å². The number of hydrogen-bond donors (Lipinski definition) is 2.